The second kappa shape index (κ2) is 9.80. The molecular formula is C27H26N2O5. The molecule has 4 aromatic rings. The third-order valence-electron chi connectivity index (χ3n) is 5.83. The third-order valence-corrected chi connectivity index (χ3v) is 5.83. The van der Waals surface area contributed by atoms with Crippen molar-refractivity contribution >= 4 is 11.4 Å². The molecule has 1 unspecified atom stereocenters. The van der Waals surface area contributed by atoms with E-state index in [1.165, 1.54) is 0 Å². The molecule has 0 amide bonds. The molecule has 4 rings (SSSR count). The predicted octanol–water partition coefficient (Wildman–Crippen LogP) is 4.19. The van der Waals surface area contributed by atoms with Crippen LogP contribution in [0.15, 0.2) is 82.4 Å². The van der Waals surface area contributed by atoms with Gasteiger partial charge >= 0.3 is 0 Å². The molecule has 0 saturated heterocycles. The first-order valence-electron chi connectivity index (χ1n) is 10.8. The van der Waals surface area contributed by atoms with Gasteiger partial charge in [0, 0.05) is 11.7 Å². The molecule has 3 N–H and O–H groups in total. The maximum atomic E-state index is 11.8. The fraction of sp³-hybridized carbons (Fsp3) is 0.185. The quantitative estimate of drug-likeness (QED) is 0.324. The van der Waals surface area contributed by atoms with E-state index < -0.39 is 16.6 Å². The van der Waals surface area contributed by atoms with Gasteiger partial charge in [0.05, 0.1) is 20.3 Å². The number of benzene rings is 3. The molecule has 4 aromatic carbocycles. The van der Waals surface area contributed by atoms with Crippen LogP contribution in [-0.2, 0) is 0 Å². The fourth-order valence-corrected chi connectivity index (χ4v) is 3.87. The first-order valence-corrected chi connectivity index (χ1v) is 10.8. The minimum Gasteiger partial charge on any atom is -0.502 e. The fourth-order valence-electron chi connectivity index (χ4n) is 3.87. The molecule has 0 bridgehead atoms. The zero-order chi connectivity index (χ0) is 24.2. The smallest absolute Gasteiger partial charge is 0.271 e. The lowest BCUT2D eigenvalue weighted by Gasteiger charge is -2.26. The number of hydrogen-bond donors (Lipinski definition) is 3. The SMILES string of the molecule is COc1ccc(C(N[C@H](C)c2cccc(OC)c2)c2cccc(Nc3c(O)c(=O)c3=O)c2)cc1. The maximum Gasteiger partial charge on any atom is 0.271 e. The topological polar surface area (TPSA) is 96.9 Å². The van der Waals surface area contributed by atoms with Gasteiger partial charge in [0.25, 0.3) is 10.9 Å². The highest BCUT2D eigenvalue weighted by Crippen LogP contribution is 2.31. The van der Waals surface area contributed by atoms with Gasteiger partial charge in [0.1, 0.15) is 17.2 Å². The molecule has 0 saturated carbocycles. The summed E-state index contributed by atoms with van der Waals surface area (Å²) in [6, 6.07) is 23.0. The van der Waals surface area contributed by atoms with E-state index in [-0.39, 0.29) is 17.8 Å². The first-order chi connectivity index (χ1) is 16.4. The standard InChI is InChI=1S/C27H26N2O5/c1-16(18-6-5-9-22(15-18)34-3)28-23(17-10-12-21(33-2)13-11-17)19-7-4-8-20(14-19)29-24-25(30)27(32)26(24)31/h4-16,23,28-30H,1-3H3/t16-,23?/m1/s1. The van der Waals surface area contributed by atoms with Crippen LogP contribution < -0.4 is 31.0 Å². The molecule has 174 valence electrons. The van der Waals surface area contributed by atoms with Crippen molar-refractivity contribution in [3.63, 3.8) is 0 Å². The van der Waals surface area contributed by atoms with Gasteiger partial charge in [0.2, 0.25) is 0 Å². The Morgan fingerprint density at radius 2 is 1.44 bits per heavy atom. The summed E-state index contributed by atoms with van der Waals surface area (Å²) in [6.07, 6.45) is 0. The number of methoxy groups -OCH3 is 2. The summed E-state index contributed by atoms with van der Waals surface area (Å²) in [5.74, 6) is 1.01. The van der Waals surface area contributed by atoms with Crippen LogP contribution >= 0.6 is 0 Å². The normalized spacial score (nSPS) is 12.8. The summed E-state index contributed by atoms with van der Waals surface area (Å²) in [5, 5.41) is 16.3. The average Bonchev–Trinajstić information content (AvgIpc) is 2.89. The second-order valence-corrected chi connectivity index (χ2v) is 8.00. The minimum atomic E-state index is -0.872. The Bertz CT molecular complexity index is 1360. The van der Waals surface area contributed by atoms with Gasteiger partial charge in [0.15, 0.2) is 5.75 Å². The minimum absolute atomic E-state index is 0.0172. The van der Waals surface area contributed by atoms with Crippen LogP contribution in [0.5, 0.6) is 17.2 Å². The van der Waals surface area contributed by atoms with Crippen molar-refractivity contribution in [3.05, 3.63) is 110 Å². The van der Waals surface area contributed by atoms with Crippen LogP contribution in [0.1, 0.15) is 35.7 Å². The number of rotatable bonds is 9. The summed E-state index contributed by atoms with van der Waals surface area (Å²) in [6.45, 7) is 2.08. The van der Waals surface area contributed by atoms with Gasteiger partial charge in [-0.1, -0.05) is 36.4 Å². The van der Waals surface area contributed by atoms with E-state index in [4.69, 9.17) is 9.47 Å². The number of nitrogens with one attached hydrogen (secondary N) is 2. The Hall–Kier alpha value is -4.10. The van der Waals surface area contributed by atoms with Crippen molar-refractivity contribution in [2.45, 2.75) is 19.0 Å². The monoisotopic (exact) mass is 458 g/mol. The molecule has 0 aromatic heterocycles. The Balaban J connectivity index is 1.67. The molecule has 0 spiro atoms. The van der Waals surface area contributed by atoms with Crippen LogP contribution in [0.3, 0.4) is 0 Å². The molecule has 0 radical (unpaired) electrons. The van der Waals surface area contributed by atoms with E-state index in [9.17, 15) is 14.7 Å². The van der Waals surface area contributed by atoms with Gasteiger partial charge in [-0.3, -0.25) is 14.9 Å². The van der Waals surface area contributed by atoms with Gasteiger partial charge in [-0.25, -0.2) is 0 Å². The number of hydrogen-bond acceptors (Lipinski definition) is 7. The van der Waals surface area contributed by atoms with Gasteiger partial charge in [-0.15, -0.1) is 0 Å². The van der Waals surface area contributed by atoms with Gasteiger partial charge < -0.3 is 19.9 Å². The Morgan fingerprint density at radius 3 is 2.12 bits per heavy atom. The van der Waals surface area contributed by atoms with Crippen molar-refractivity contribution in [3.8, 4) is 17.2 Å². The highest BCUT2D eigenvalue weighted by molar-refractivity contribution is 5.69. The van der Waals surface area contributed by atoms with Crippen LogP contribution in [0, 0.1) is 0 Å². The third kappa shape index (κ3) is 4.65. The lowest BCUT2D eigenvalue weighted by Crippen LogP contribution is -2.32. The summed E-state index contributed by atoms with van der Waals surface area (Å²) in [4.78, 5) is 23.1. The highest BCUT2D eigenvalue weighted by atomic mass is 16.5. The number of ether oxygens (including phenoxy) is 2. The molecule has 0 aliphatic heterocycles. The predicted molar refractivity (Wildman–Crippen MR) is 132 cm³/mol. The van der Waals surface area contributed by atoms with E-state index in [1.54, 1.807) is 20.3 Å². The maximum absolute atomic E-state index is 11.8. The zero-order valence-electron chi connectivity index (χ0n) is 19.2. The Morgan fingerprint density at radius 1 is 0.765 bits per heavy atom. The second-order valence-electron chi connectivity index (χ2n) is 8.00. The largest absolute Gasteiger partial charge is 0.502 e. The van der Waals surface area contributed by atoms with E-state index in [2.05, 4.69) is 17.6 Å². The van der Waals surface area contributed by atoms with Gasteiger partial charge in [-0.2, -0.15) is 0 Å². The number of aromatic hydroxyl groups is 1. The highest BCUT2D eigenvalue weighted by Gasteiger charge is 2.22. The molecule has 0 heterocycles. The van der Waals surface area contributed by atoms with Crippen molar-refractivity contribution in [2.75, 3.05) is 19.5 Å². The number of anilines is 2. The lowest BCUT2D eigenvalue weighted by atomic mass is 9.96. The molecular weight excluding hydrogens is 432 g/mol. The van der Waals surface area contributed by atoms with Crippen molar-refractivity contribution < 1.29 is 14.6 Å². The summed E-state index contributed by atoms with van der Waals surface area (Å²) < 4.78 is 10.7. The molecule has 0 aliphatic carbocycles. The summed E-state index contributed by atoms with van der Waals surface area (Å²) in [5.41, 5.74) is 1.94. The van der Waals surface area contributed by atoms with Crippen LogP contribution in [0.2, 0.25) is 0 Å². The summed E-state index contributed by atoms with van der Waals surface area (Å²) >= 11 is 0. The molecule has 2 atom stereocenters. The van der Waals surface area contributed by atoms with E-state index in [1.807, 2.05) is 66.7 Å². The van der Waals surface area contributed by atoms with Crippen molar-refractivity contribution in [1.29, 1.82) is 0 Å². The first kappa shape index (κ1) is 23.1. The van der Waals surface area contributed by atoms with Crippen LogP contribution in [-0.4, -0.2) is 19.3 Å². The molecule has 7 nitrogen and oxygen atoms in total. The van der Waals surface area contributed by atoms with Crippen LogP contribution in [0.4, 0.5) is 11.4 Å². The average molecular weight is 459 g/mol. The van der Waals surface area contributed by atoms with Crippen molar-refractivity contribution in [1.82, 2.24) is 5.32 Å². The Kier molecular flexibility index (Phi) is 6.65. The van der Waals surface area contributed by atoms with Crippen LogP contribution in [0.25, 0.3) is 0 Å². The van der Waals surface area contributed by atoms with Crippen molar-refractivity contribution in [2.24, 2.45) is 0 Å². The van der Waals surface area contributed by atoms with Gasteiger partial charge in [-0.05, 0) is 60.0 Å². The zero-order valence-corrected chi connectivity index (χ0v) is 19.2. The molecule has 0 aliphatic rings. The molecule has 34 heavy (non-hydrogen) atoms. The summed E-state index contributed by atoms with van der Waals surface area (Å²) in [7, 11) is 3.27. The Labute approximate surface area is 197 Å². The van der Waals surface area contributed by atoms with E-state index in [0.717, 1.165) is 28.2 Å². The lowest BCUT2D eigenvalue weighted by molar-refractivity contribution is 0.412. The molecule has 0 fully saturated rings. The van der Waals surface area contributed by atoms with E-state index in [0.29, 0.717) is 5.69 Å². The van der Waals surface area contributed by atoms with E-state index >= 15 is 0 Å². The molecule has 7 heteroatoms.